The van der Waals surface area contributed by atoms with Crippen molar-refractivity contribution in [3.8, 4) is 22.3 Å². The number of esters is 1. The number of rotatable bonds is 11. The van der Waals surface area contributed by atoms with E-state index in [2.05, 4.69) is 10.1 Å². The third-order valence-corrected chi connectivity index (χ3v) is 6.82. The third-order valence-electron chi connectivity index (χ3n) is 6.82. The largest absolute Gasteiger partial charge is 0.469 e. The molecule has 7 nitrogen and oxygen atoms in total. The van der Waals surface area contributed by atoms with E-state index < -0.39 is 24.0 Å². The second kappa shape index (κ2) is 13.9. The minimum absolute atomic E-state index is 0.0905. The van der Waals surface area contributed by atoms with Crippen molar-refractivity contribution in [2.75, 3.05) is 12.4 Å². The molecule has 1 heterocycles. The van der Waals surface area contributed by atoms with Crippen LogP contribution in [0.25, 0.3) is 28.3 Å². The van der Waals surface area contributed by atoms with E-state index in [4.69, 9.17) is 0 Å². The molecule has 3 N–H and O–H groups in total. The fourth-order valence-electron chi connectivity index (χ4n) is 4.96. The Balaban J connectivity index is 1.93. The zero-order valence-corrected chi connectivity index (χ0v) is 23.8. The lowest BCUT2D eigenvalue weighted by Gasteiger charge is -2.17. The van der Waals surface area contributed by atoms with E-state index in [1.807, 2.05) is 66.9 Å². The van der Waals surface area contributed by atoms with Gasteiger partial charge in [0.05, 0.1) is 25.7 Å². The van der Waals surface area contributed by atoms with Gasteiger partial charge in [0.1, 0.15) is 11.5 Å². The molecule has 0 bridgehead atoms. The molecule has 1 amide bonds. The smallest absolute Gasteiger partial charge is 0.308 e. The molecule has 0 unspecified atom stereocenters. The summed E-state index contributed by atoms with van der Waals surface area (Å²) >= 11 is 0. The number of carbonyl (C=O) groups is 2. The molecule has 4 rings (SSSR count). The number of nitrogens with one attached hydrogen (secondary N) is 1. The number of ether oxygens (including phenoxy) is 1. The first-order valence-corrected chi connectivity index (χ1v) is 13.8. The number of aliphatic hydroxyl groups is 2. The molecule has 2 atom stereocenters. The average Bonchev–Trinajstić information content (AvgIpc) is 3.33. The van der Waals surface area contributed by atoms with Crippen molar-refractivity contribution in [2.45, 2.75) is 44.9 Å². The van der Waals surface area contributed by atoms with Crippen LogP contribution >= 0.6 is 0 Å². The fourth-order valence-corrected chi connectivity index (χ4v) is 4.96. The van der Waals surface area contributed by atoms with Crippen LogP contribution in [0.15, 0.2) is 91.0 Å². The van der Waals surface area contributed by atoms with Gasteiger partial charge in [-0.15, -0.1) is 0 Å². The number of nitrogens with zero attached hydrogens (tertiary/aromatic N) is 1. The first-order chi connectivity index (χ1) is 20.2. The molecule has 0 aliphatic rings. The summed E-state index contributed by atoms with van der Waals surface area (Å²) in [4.78, 5) is 25.6. The summed E-state index contributed by atoms with van der Waals surface area (Å²) in [5, 5.41) is 24.0. The van der Waals surface area contributed by atoms with Gasteiger partial charge in [0.15, 0.2) is 0 Å². The minimum Gasteiger partial charge on any atom is -0.469 e. The van der Waals surface area contributed by atoms with E-state index in [0.29, 0.717) is 33.8 Å². The number of aromatic nitrogens is 1. The molecular formula is C34H35FN2O5. The molecule has 1 aromatic heterocycles. The summed E-state index contributed by atoms with van der Waals surface area (Å²) in [5.41, 5.74) is 4.47. The number of anilines is 1. The lowest BCUT2D eigenvalue weighted by molar-refractivity contribution is -0.143. The Kier molecular flexibility index (Phi) is 10.1. The van der Waals surface area contributed by atoms with Crippen LogP contribution in [0.5, 0.6) is 0 Å². The molecule has 0 aliphatic heterocycles. The highest BCUT2D eigenvalue weighted by atomic mass is 19.1. The molecule has 0 fully saturated rings. The first kappa shape index (κ1) is 30.4. The number of hydrogen-bond donors (Lipinski definition) is 3. The predicted octanol–water partition coefficient (Wildman–Crippen LogP) is 6.48. The quantitative estimate of drug-likeness (QED) is 0.179. The Hall–Kier alpha value is -4.53. The molecule has 0 saturated heterocycles. The van der Waals surface area contributed by atoms with Crippen molar-refractivity contribution in [3.05, 3.63) is 108 Å². The highest BCUT2D eigenvalue weighted by molar-refractivity contribution is 6.11. The van der Waals surface area contributed by atoms with Crippen LogP contribution in [0.3, 0.4) is 0 Å². The van der Waals surface area contributed by atoms with Gasteiger partial charge in [-0.3, -0.25) is 9.59 Å². The van der Waals surface area contributed by atoms with Gasteiger partial charge in [-0.05, 0) is 55.3 Å². The summed E-state index contributed by atoms with van der Waals surface area (Å²) in [6, 6.07) is 24.5. The van der Waals surface area contributed by atoms with Crippen molar-refractivity contribution in [3.63, 3.8) is 0 Å². The summed E-state index contributed by atoms with van der Waals surface area (Å²) < 4.78 is 20.5. The first-order valence-electron chi connectivity index (χ1n) is 13.8. The SMILES string of the molecule is COC(=O)C[C@H](O)C[C@H](O)C=Cc1c(-c2ccc(F)cc2)c(-c2ccccc2)c(C(=O)Nc2ccccc2)n1C(C)C. The molecule has 0 saturated carbocycles. The minimum atomic E-state index is -1.10. The Morgan fingerprint density at radius 3 is 2.10 bits per heavy atom. The summed E-state index contributed by atoms with van der Waals surface area (Å²) in [6.07, 6.45) is 0.704. The normalized spacial score (nSPS) is 12.8. The van der Waals surface area contributed by atoms with Gasteiger partial charge in [0, 0.05) is 35.0 Å². The van der Waals surface area contributed by atoms with Gasteiger partial charge in [0.25, 0.3) is 5.91 Å². The van der Waals surface area contributed by atoms with Crippen molar-refractivity contribution in [1.29, 1.82) is 0 Å². The highest BCUT2D eigenvalue weighted by Crippen LogP contribution is 2.42. The number of hydrogen-bond acceptors (Lipinski definition) is 5. The van der Waals surface area contributed by atoms with Crippen LogP contribution < -0.4 is 5.32 Å². The molecule has 0 aliphatic carbocycles. The Bertz CT molecular complexity index is 1530. The maximum atomic E-state index is 14.1. The molecule has 3 aromatic carbocycles. The van der Waals surface area contributed by atoms with Gasteiger partial charge in [0.2, 0.25) is 0 Å². The maximum Gasteiger partial charge on any atom is 0.308 e. The molecule has 0 spiro atoms. The monoisotopic (exact) mass is 570 g/mol. The van der Waals surface area contributed by atoms with E-state index in [-0.39, 0.29) is 24.8 Å². The van der Waals surface area contributed by atoms with E-state index in [9.17, 15) is 24.2 Å². The number of methoxy groups -OCH3 is 1. The van der Waals surface area contributed by atoms with Gasteiger partial charge < -0.3 is 24.8 Å². The van der Waals surface area contributed by atoms with Gasteiger partial charge in [-0.25, -0.2) is 4.39 Å². The highest BCUT2D eigenvalue weighted by Gasteiger charge is 2.29. The molecule has 218 valence electrons. The van der Waals surface area contributed by atoms with Crippen LogP contribution in [0, 0.1) is 5.82 Å². The number of halogens is 1. The zero-order valence-electron chi connectivity index (χ0n) is 23.8. The van der Waals surface area contributed by atoms with E-state index in [1.165, 1.54) is 25.3 Å². The second-order valence-corrected chi connectivity index (χ2v) is 10.2. The van der Waals surface area contributed by atoms with Crippen molar-refractivity contribution in [2.24, 2.45) is 0 Å². The van der Waals surface area contributed by atoms with Gasteiger partial charge >= 0.3 is 5.97 Å². The number of amides is 1. The lowest BCUT2D eigenvalue weighted by atomic mass is 9.94. The topological polar surface area (TPSA) is 101 Å². The number of aliphatic hydroxyl groups excluding tert-OH is 2. The second-order valence-electron chi connectivity index (χ2n) is 10.2. The number of carbonyl (C=O) groups excluding carboxylic acids is 2. The van der Waals surface area contributed by atoms with Gasteiger partial charge in [-0.2, -0.15) is 0 Å². The van der Waals surface area contributed by atoms with Crippen molar-refractivity contribution >= 4 is 23.6 Å². The predicted molar refractivity (Wildman–Crippen MR) is 162 cm³/mol. The third kappa shape index (κ3) is 7.21. The van der Waals surface area contributed by atoms with E-state index in [1.54, 1.807) is 30.3 Å². The van der Waals surface area contributed by atoms with E-state index in [0.717, 1.165) is 5.56 Å². The molecular weight excluding hydrogens is 535 g/mol. The molecule has 42 heavy (non-hydrogen) atoms. The average molecular weight is 571 g/mol. The number of benzene rings is 3. The Morgan fingerprint density at radius 1 is 0.905 bits per heavy atom. The van der Waals surface area contributed by atoms with Gasteiger partial charge in [-0.1, -0.05) is 66.7 Å². The van der Waals surface area contributed by atoms with Crippen LogP contribution in [0.4, 0.5) is 10.1 Å². The summed E-state index contributed by atoms with van der Waals surface area (Å²) in [7, 11) is 1.23. The van der Waals surface area contributed by atoms with Crippen LogP contribution in [-0.4, -0.2) is 46.0 Å². The van der Waals surface area contributed by atoms with Crippen molar-refractivity contribution in [1.82, 2.24) is 4.57 Å². The van der Waals surface area contributed by atoms with Crippen molar-refractivity contribution < 1.29 is 28.9 Å². The number of para-hydroxylation sites is 1. The van der Waals surface area contributed by atoms with Crippen LogP contribution in [-0.2, 0) is 9.53 Å². The van der Waals surface area contributed by atoms with Crippen LogP contribution in [0.2, 0.25) is 0 Å². The fraction of sp³-hybridized carbons (Fsp3) is 0.235. The Morgan fingerprint density at radius 2 is 1.50 bits per heavy atom. The maximum absolute atomic E-state index is 14.1. The van der Waals surface area contributed by atoms with Crippen LogP contribution in [0.1, 0.15) is 48.9 Å². The summed E-state index contributed by atoms with van der Waals surface area (Å²) in [5.74, 6) is -1.30. The summed E-state index contributed by atoms with van der Waals surface area (Å²) in [6.45, 7) is 3.91. The Labute approximate surface area is 244 Å². The molecule has 8 heteroatoms. The van der Waals surface area contributed by atoms with E-state index >= 15 is 0 Å². The molecule has 4 aromatic rings. The lowest BCUT2D eigenvalue weighted by Crippen LogP contribution is -2.20. The zero-order chi connectivity index (χ0) is 30.2. The molecule has 0 radical (unpaired) electrons. The standard InChI is InChI=1S/C34H35FN2O5/c1-22(2)37-29(19-18-27(38)20-28(39)21-30(40)42-3)31(24-14-16-25(35)17-15-24)32(23-10-6-4-7-11-23)33(37)34(41)36-26-12-8-5-9-13-26/h4-19,22,27-28,38-39H,20-21H2,1-3H3,(H,36,41)/t27-,28-/m1/s1.